The molecule has 0 fully saturated rings. The SMILES string of the molecule is CC(=O)C1COc2ccccc2O1.CCC. The number of para-hydroxylation sites is 2. The second kappa shape index (κ2) is 6.16. The number of hydrogen-bond donors (Lipinski definition) is 0. The lowest BCUT2D eigenvalue weighted by Crippen LogP contribution is -2.34. The minimum atomic E-state index is -0.449. The summed E-state index contributed by atoms with van der Waals surface area (Å²) >= 11 is 0. The van der Waals surface area contributed by atoms with Crippen LogP contribution in [0.3, 0.4) is 0 Å². The van der Waals surface area contributed by atoms with Gasteiger partial charge in [0.05, 0.1) is 0 Å². The highest BCUT2D eigenvalue weighted by atomic mass is 16.6. The zero-order chi connectivity index (χ0) is 12.0. The van der Waals surface area contributed by atoms with Crippen molar-refractivity contribution in [2.75, 3.05) is 6.61 Å². The van der Waals surface area contributed by atoms with Crippen LogP contribution >= 0.6 is 0 Å². The molecule has 3 heteroatoms. The highest BCUT2D eigenvalue weighted by Gasteiger charge is 2.23. The Morgan fingerprint density at radius 2 is 1.88 bits per heavy atom. The van der Waals surface area contributed by atoms with Gasteiger partial charge >= 0.3 is 0 Å². The first kappa shape index (κ1) is 12.6. The molecule has 1 unspecified atom stereocenters. The molecule has 1 aromatic rings. The molecule has 0 amide bonds. The van der Waals surface area contributed by atoms with Crippen LogP contribution in [0.15, 0.2) is 24.3 Å². The fourth-order valence-electron chi connectivity index (χ4n) is 1.22. The van der Waals surface area contributed by atoms with E-state index in [1.165, 1.54) is 13.3 Å². The largest absolute Gasteiger partial charge is 0.485 e. The van der Waals surface area contributed by atoms with Gasteiger partial charge in [-0.25, -0.2) is 0 Å². The average molecular weight is 222 g/mol. The zero-order valence-corrected chi connectivity index (χ0v) is 10.0. The second-order valence-corrected chi connectivity index (χ2v) is 3.68. The zero-order valence-electron chi connectivity index (χ0n) is 10.0. The lowest BCUT2D eigenvalue weighted by molar-refractivity contribution is -0.125. The first-order valence-corrected chi connectivity index (χ1v) is 5.58. The molecule has 1 atom stereocenters. The Bertz CT molecular complexity index is 347. The maximum atomic E-state index is 11.0. The number of rotatable bonds is 1. The number of ether oxygens (including phenoxy) is 2. The van der Waals surface area contributed by atoms with Gasteiger partial charge in [0.25, 0.3) is 0 Å². The molecule has 3 nitrogen and oxygen atoms in total. The predicted octanol–water partition coefficient (Wildman–Crippen LogP) is 2.83. The third-order valence-corrected chi connectivity index (χ3v) is 1.96. The van der Waals surface area contributed by atoms with E-state index in [-0.39, 0.29) is 5.78 Å². The van der Waals surface area contributed by atoms with Gasteiger partial charge in [0.1, 0.15) is 6.61 Å². The molecule has 1 aliphatic rings. The molecule has 88 valence electrons. The van der Waals surface area contributed by atoms with E-state index in [1.54, 1.807) is 6.07 Å². The smallest absolute Gasteiger partial charge is 0.190 e. The van der Waals surface area contributed by atoms with E-state index in [1.807, 2.05) is 18.2 Å². The third kappa shape index (κ3) is 3.26. The van der Waals surface area contributed by atoms with Gasteiger partial charge in [0.15, 0.2) is 23.4 Å². The lowest BCUT2D eigenvalue weighted by atomic mass is 10.2. The van der Waals surface area contributed by atoms with Crippen molar-refractivity contribution >= 4 is 5.78 Å². The Labute approximate surface area is 96.4 Å². The number of Topliss-reactive ketones (excluding diaryl/α,β-unsaturated/α-hetero) is 1. The number of carbonyl (C=O) groups is 1. The van der Waals surface area contributed by atoms with Crippen molar-refractivity contribution in [1.82, 2.24) is 0 Å². The Balaban J connectivity index is 0.000000386. The summed E-state index contributed by atoms with van der Waals surface area (Å²) < 4.78 is 10.8. The molecule has 0 aliphatic carbocycles. The minimum absolute atomic E-state index is 0.00509. The Morgan fingerprint density at radius 3 is 2.44 bits per heavy atom. The first-order chi connectivity index (χ1) is 7.69. The van der Waals surface area contributed by atoms with Gasteiger partial charge in [-0.2, -0.15) is 0 Å². The molecule has 1 heterocycles. The number of fused-ring (bicyclic) bond motifs is 1. The quantitative estimate of drug-likeness (QED) is 0.733. The topological polar surface area (TPSA) is 35.5 Å². The summed E-state index contributed by atoms with van der Waals surface area (Å²) in [6.45, 7) is 6.06. The Hall–Kier alpha value is -1.51. The van der Waals surface area contributed by atoms with Gasteiger partial charge in [0.2, 0.25) is 0 Å². The summed E-state index contributed by atoms with van der Waals surface area (Å²) in [5.74, 6) is 1.35. The van der Waals surface area contributed by atoms with Gasteiger partial charge < -0.3 is 9.47 Å². The summed E-state index contributed by atoms with van der Waals surface area (Å²) in [6, 6.07) is 7.34. The molecule has 2 rings (SSSR count). The maximum Gasteiger partial charge on any atom is 0.190 e. The Morgan fingerprint density at radius 1 is 1.31 bits per heavy atom. The highest BCUT2D eigenvalue weighted by Crippen LogP contribution is 2.30. The lowest BCUT2D eigenvalue weighted by Gasteiger charge is -2.24. The van der Waals surface area contributed by atoms with E-state index in [2.05, 4.69) is 13.8 Å². The van der Waals surface area contributed by atoms with Gasteiger partial charge in [-0.15, -0.1) is 0 Å². The summed E-state index contributed by atoms with van der Waals surface area (Å²) in [5.41, 5.74) is 0. The monoisotopic (exact) mass is 222 g/mol. The molecular formula is C13H18O3. The molecule has 0 saturated carbocycles. The van der Waals surface area contributed by atoms with Gasteiger partial charge in [-0.3, -0.25) is 4.79 Å². The molecule has 0 spiro atoms. The van der Waals surface area contributed by atoms with Crippen LogP contribution < -0.4 is 9.47 Å². The highest BCUT2D eigenvalue weighted by molar-refractivity contribution is 5.81. The molecule has 16 heavy (non-hydrogen) atoms. The molecule has 1 aromatic carbocycles. The number of carbonyl (C=O) groups excluding carboxylic acids is 1. The van der Waals surface area contributed by atoms with Crippen LogP contribution in [0.25, 0.3) is 0 Å². The van der Waals surface area contributed by atoms with Crippen LogP contribution in [0.4, 0.5) is 0 Å². The van der Waals surface area contributed by atoms with E-state index < -0.39 is 6.10 Å². The third-order valence-electron chi connectivity index (χ3n) is 1.96. The molecule has 0 N–H and O–H groups in total. The van der Waals surface area contributed by atoms with Gasteiger partial charge in [-0.1, -0.05) is 32.4 Å². The summed E-state index contributed by atoms with van der Waals surface area (Å²) in [6.07, 6.45) is 0.801. The van der Waals surface area contributed by atoms with Crippen LogP contribution in [-0.4, -0.2) is 18.5 Å². The van der Waals surface area contributed by atoms with Crippen molar-refractivity contribution in [3.8, 4) is 11.5 Å². The predicted molar refractivity (Wildman–Crippen MR) is 63.0 cm³/mol. The van der Waals surface area contributed by atoms with Crippen molar-refractivity contribution in [3.05, 3.63) is 24.3 Å². The van der Waals surface area contributed by atoms with E-state index >= 15 is 0 Å². The molecule has 1 aliphatic heterocycles. The van der Waals surface area contributed by atoms with Crippen LogP contribution in [-0.2, 0) is 4.79 Å². The first-order valence-electron chi connectivity index (χ1n) is 5.58. The van der Waals surface area contributed by atoms with Crippen molar-refractivity contribution in [1.29, 1.82) is 0 Å². The molecular weight excluding hydrogens is 204 g/mol. The molecule has 0 bridgehead atoms. The molecule has 0 aromatic heterocycles. The normalized spacial score (nSPS) is 17.1. The molecule has 0 radical (unpaired) electrons. The van der Waals surface area contributed by atoms with E-state index in [9.17, 15) is 4.79 Å². The van der Waals surface area contributed by atoms with Crippen molar-refractivity contribution < 1.29 is 14.3 Å². The van der Waals surface area contributed by atoms with E-state index in [0.29, 0.717) is 18.1 Å². The standard InChI is InChI=1S/C10H10O3.C3H8/c1-7(11)10-6-12-8-4-2-3-5-9(8)13-10;1-3-2/h2-5,10H,6H2,1H3;3H2,1-2H3. The van der Waals surface area contributed by atoms with Crippen molar-refractivity contribution in [2.24, 2.45) is 0 Å². The van der Waals surface area contributed by atoms with Crippen molar-refractivity contribution in [3.63, 3.8) is 0 Å². The van der Waals surface area contributed by atoms with E-state index in [4.69, 9.17) is 9.47 Å². The van der Waals surface area contributed by atoms with Crippen molar-refractivity contribution in [2.45, 2.75) is 33.3 Å². The number of hydrogen-bond acceptors (Lipinski definition) is 3. The fraction of sp³-hybridized carbons (Fsp3) is 0.462. The van der Waals surface area contributed by atoms with Gasteiger partial charge in [-0.05, 0) is 19.1 Å². The number of benzene rings is 1. The van der Waals surface area contributed by atoms with Crippen LogP contribution in [0.1, 0.15) is 27.2 Å². The minimum Gasteiger partial charge on any atom is -0.485 e. The second-order valence-electron chi connectivity index (χ2n) is 3.68. The summed E-state index contributed by atoms with van der Waals surface area (Å²) in [5, 5.41) is 0. The average Bonchev–Trinajstić information content (AvgIpc) is 2.29. The summed E-state index contributed by atoms with van der Waals surface area (Å²) in [4.78, 5) is 11.0. The Kier molecular flexibility index (Phi) is 4.83. The van der Waals surface area contributed by atoms with Crippen LogP contribution in [0.2, 0.25) is 0 Å². The maximum absolute atomic E-state index is 11.0. The van der Waals surface area contributed by atoms with Crippen LogP contribution in [0, 0.1) is 0 Å². The van der Waals surface area contributed by atoms with Gasteiger partial charge in [0, 0.05) is 0 Å². The number of ketones is 1. The fourth-order valence-corrected chi connectivity index (χ4v) is 1.22. The summed E-state index contributed by atoms with van der Waals surface area (Å²) in [7, 11) is 0. The van der Waals surface area contributed by atoms with E-state index in [0.717, 1.165) is 0 Å². The molecule has 0 saturated heterocycles. The van der Waals surface area contributed by atoms with Crippen LogP contribution in [0.5, 0.6) is 11.5 Å².